The summed E-state index contributed by atoms with van der Waals surface area (Å²) in [6, 6.07) is 20.8. The Morgan fingerprint density at radius 2 is 1.50 bits per heavy atom. The number of nitrogens with zero attached hydrogens (tertiary/aromatic N) is 2. The number of aryl methyl sites for hydroxylation is 2. The number of halogens is 4. The fourth-order valence-electron chi connectivity index (χ4n) is 5.91. The van der Waals surface area contributed by atoms with Gasteiger partial charge in [-0.3, -0.25) is 9.79 Å². The maximum atomic E-state index is 13.8. The molecule has 4 rings (SSSR count). The number of carbonyl (C=O) groups is 1. The van der Waals surface area contributed by atoms with Gasteiger partial charge in [0.15, 0.2) is 0 Å². The highest BCUT2D eigenvalue weighted by Gasteiger charge is 2.29. The van der Waals surface area contributed by atoms with Crippen LogP contribution in [0.2, 0.25) is 0 Å². The summed E-state index contributed by atoms with van der Waals surface area (Å²) in [5, 5.41) is 0. The lowest BCUT2D eigenvalue weighted by atomic mass is 9.84. The Hall–Kier alpha value is -3.74. The number of rotatable bonds is 10. The zero-order valence-corrected chi connectivity index (χ0v) is 31.6. The normalized spacial score (nSPS) is 15.2. The Labute approximate surface area is 298 Å². The van der Waals surface area contributed by atoms with Crippen molar-refractivity contribution in [1.82, 2.24) is 4.90 Å². The summed E-state index contributed by atoms with van der Waals surface area (Å²) >= 11 is 0. The summed E-state index contributed by atoms with van der Waals surface area (Å²) in [6.07, 6.45) is 3.03. The number of aliphatic imine (C=N–C) groups is 1. The van der Waals surface area contributed by atoms with Crippen LogP contribution >= 0.6 is 0 Å². The lowest BCUT2D eigenvalue weighted by Gasteiger charge is -2.34. The summed E-state index contributed by atoms with van der Waals surface area (Å²) in [7, 11) is 0. The quantitative estimate of drug-likeness (QED) is 0.154. The van der Waals surface area contributed by atoms with Gasteiger partial charge in [0, 0.05) is 36.7 Å². The van der Waals surface area contributed by atoms with E-state index in [-0.39, 0.29) is 24.1 Å². The van der Waals surface area contributed by atoms with Crippen molar-refractivity contribution in [2.24, 2.45) is 22.7 Å². The van der Waals surface area contributed by atoms with E-state index in [1.54, 1.807) is 12.1 Å². The van der Waals surface area contributed by atoms with Gasteiger partial charge in [-0.05, 0) is 124 Å². The first-order valence-electron chi connectivity index (χ1n) is 18.1. The fraction of sp³-hybridized carbons (Fsp3) is 0.488. The molecule has 3 aromatic carbocycles. The number of amides is 1. The van der Waals surface area contributed by atoms with E-state index in [2.05, 4.69) is 39.0 Å². The highest BCUT2D eigenvalue weighted by molar-refractivity contribution is 5.96. The molecule has 3 nitrogen and oxygen atoms in total. The molecule has 0 radical (unpaired) electrons. The minimum absolute atomic E-state index is 0.0521. The second kappa shape index (κ2) is 21.5. The van der Waals surface area contributed by atoms with E-state index in [0.717, 1.165) is 66.7 Å². The van der Waals surface area contributed by atoms with Gasteiger partial charge in [0.1, 0.15) is 5.82 Å². The Kier molecular flexibility index (Phi) is 18.2. The number of hydrogen-bond acceptors (Lipinski definition) is 2. The lowest BCUT2D eigenvalue weighted by molar-refractivity contribution is 0.0709. The van der Waals surface area contributed by atoms with Crippen molar-refractivity contribution in [3.05, 3.63) is 106 Å². The SMILES string of the molecule is C/C=C(/c1cccc(F)c1)c1ccc(C(=O)N2CCC(C(=Nc3ccccc3C)C(C)CC)CC2)cc1C.CC(C)F.CCC(C)CC(F)F. The first-order chi connectivity index (χ1) is 23.7. The number of alkyl halides is 3. The molecule has 0 spiro atoms. The second-order valence-corrected chi connectivity index (χ2v) is 13.6. The number of likely N-dealkylation sites (tertiary alicyclic amines) is 1. The molecular weight excluding hydrogens is 636 g/mol. The summed E-state index contributed by atoms with van der Waals surface area (Å²) in [5.74, 6) is 0.800. The molecule has 0 bridgehead atoms. The monoisotopic (exact) mass is 694 g/mol. The van der Waals surface area contributed by atoms with Crippen molar-refractivity contribution in [2.45, 2.75) is 107 Å². The summed E-state index contributed by atoms with van der Waals surface area (Å²) < 4.78 is 47.8. The van der Waals surface area contributed by atoms with Crippen LogP contribution in [0.5, 0.6) is 0 Å². The van der Waals surface area contributed by atoms with E-state index in [0.29, 0.717) is 17.4 Å². The van der Waals surface area contributed by atoms with Gasteiger partial charge in [-0.1, -0.05) is 76.6 Å². The van der Waals surface area contributed by atoms with Crippen LogP contribution in [0.3, 0.4) is 0 Å². The van der Waals surface area contributed by atoms with Crippen LogP contribution in [0.4, 0.5) is 23.2 Å². The third kappa shape index (κ3) is 13.5. The Morgan fingerprint density at radius 3 is 2.00 bits per heavy atom. The zero-order valence-electron chi connectivity index (χ0n) is 31.6. The molecule has 3 aromatic rings. The topological polar surface area (TPSA) is 32.7 Å². The molecule has 1 heterocycles. The van der Waals surface area contributed by atoms with Crippen LogP contribution in [-0.4, -0.2) is 42.2 Å². The molecule has 274 valence electrons. The number of allylic oxidation sites excluding steroid dienone is 1. The van der Waals surface area contributed by atoms with E-state index >= 15 is 0 Å². The van der Waals surface area contributed by atoms with Gasteiger partial charge in [-0.25, -0.2) is 17.6 Å². The van der Waals surface area contributed by atoms with Crippen molar-refractivity contribution in [1.29, 1.82) is 0 Å². The van der Waals surface area contributed by atoms with Gasteiger partial charge >= 0.3 is 0 Å². The van der Waals surface area contributed by atoms with Gasteiger partial charge in [-0.2, -0.15) is 0 Å². The van der Waals surface area contributed by atoms with Crippen molar-refractivity contribution < 1.29 is 22.4 Å². The largest absolute Gasteiger partial charge is 0.339 e. The molecule has 0 N–H and O–H groups in total. The van der Waals surface area contributed by atoms with Crippen molar-refractivity contribution in [3.8, 4) is 0 Å². The fourth-order valence-corrected chi connectivity index (χ4v) is 5.91. The first kappa shape index (κ1) is 42.4. The second-order valence-electron chi connectivity index (χ2n) is 13.6. The number of hydrogen-bond donors (Lipinski definition) is 0. The Bertz CT molecular complexity index is 1540. The van der Waals surface area contributed by atoms with Gasteiger partial charge in [0.25, 0.3) is 5.91 Å². The highest BCUT2D eigenvalue weighted by Crippen LogP contribution is 2.30. The Morgan fingerprint density at radius 1 is 0.860 bits per heavy atom. The third-order valence-electron chi connectivity index (χ3n) is 9.15. The molecule has 1 aliphatic heterocycles. The van der Waals surface area contributed by atoms with Crippen LogP contribution in [0.15, 0.2) is 77.8 Å². The van der Waals surface area contributed by atoms with Gasteiger partial charge < -0.3 is 4.90 Å². The maximum Gasteiger partial charge on any atom is 0.253 e. The molecule has 2 unspecified atom stereocenters. The van der Waals surface area contributed by atoms with Gasteiger partial charge in [0.2, 0.25) is 6.43 Å². The third-order valence-corrected chi connectivity index (χ3v) is 9.15. The van der Waals surface area contributed by atoms with Crippen LogP contribution < -0.4 is 0 Å². The molecule has 50 heavy (non-hydrogen) atoms. The van der Waals surface area contributed by atoms with E-state index in [1.165, 1.54) is 31.2 Å². The van der Waals surface area contributed by atoms with Crippen molar-refractivity contribution in [3.63, 3.8) is 0 Å². The minimum Gasteiger partial charge on any atom is -0.339 e. The summed E-state index contributed by atoms with van der Waals surface area (Å²) in [5.41, 5.74) is 8.04. The molecule has 7 heteroatoms. The van der Waals surface area contributed by atoms with Crippen molar-refractivity contribution in [2.75, 3.05) is 13.1 Å². The van der Waals surface area contributed by atoms with Crippen LogP contribution in [0.25, 0.3) is 5.57 Å². The van der Waals surface area contributed by atoms with E-state index < -0.39 is 12.6 Å². The standard InChI is InChI=1S/C34H39FN2O.C6H12F2.C3H7F/c1-6-23(3)33(36-32-14-9-8-11-24(32)4)26-17-19-37(20-18-26)34(38)28-15-16-31(25(5)21-28)30(7-2)27-12-10-13-29(35)22-27;1-3-5(2)4-6(7)8;1-3(2)4/h7-16,21-23,26H,6,17-20H2,1-5H3;5-6H,3-4H2,1-2H3;3H,1-2H3/b30-7-,36-33?;;. The molecular formula is C43H58F4N2O. The molecule has 2 atom stereocenters. The number of para-hydroxylation sites is 1. The van der Waals surface area contributed by atoms with E-state index in [4.69, 9.17) is 4.99 Å². The molecule has 0 aromatic heterocycles. The molecule has 0 aliphatic carbocycles. The van der Waals surface area contributed by atoms with Crippen LogP contribution in [-0.2, 0) is 0 Å². The highest BCUT2D eigenvalue weighted by atomic mass is 19.3. The molecule has 1 saturated heterocycles. The molecule has 1 fully saturated rings. The number of benzene rings is 3. The number of piperidine rings is 1. The predicted molar refractivity (Wildman–Crippen MR) is 203 cm³/mol. The molecule has 1 aliphatic rings. The van der Waals surface area contributed by atoms with Gasteiger partial charge in [-0.15, -0.1) is 0 Å². The van der Waals surface area contributed by atoms with E-state index in [9.17, 15) is 22.4 Å². The summed E-state index contributed by atoms with van der Waals surface area (Å²) in [4.78, 5) is 20.6. The van der Waals surface area contributed by atoms with Crippen LogP contribution in [0, 0.1) is 37.4 Å². The maximum absolute atomic E-state index is 13.8. The predicted octanol–water partition coefficient (Wildman–Crippen LogP) is 12.6. The summed E-state index contributed by atoms with van der Waals surface area (Å²) in [6.45, 7) is 18.8. The lowest BCUT2D eigenvalue weighted by Crippen LogP contribution is -2.41. The van der Waals surface area contributed by atoms with Crippen LogP contribution in [0.1, 0.15) is 113 Å². The molecule has 1 amide bonds. The average molecular weight is 695 g/mol. The first-order valence-corrected chi connectivity index (χ1v) is 18.1. The van der Waals surface area contributed by atoms with Gasteiger partial charge in [0.05, 0.1) is 11.9 Å². The smallest absolute Gasteiger partial charge is 0.253 e. The Balaban J connectivity index is 0.000000620. The average Bonchev–Trinajstić information content (AvgIpc) is 3.08. The van der Waals surface area contributed by atoms with E-state index in [1.807, 2.05) is 69.0 Å². The zero-order chi connectivity index (χ0) is 37.4. The minimum atomic E-state index is -2.12. The molecule has 0 saturated carbocycles. The number of carbonyl (C=O) groups excluding carboxylic acids is 1. The van der Waals surface area contributed by atoms with Crippen molar-refractivity contribution >= 4 is 22.9 Å².